The second kappa shape index (κ2) is 3.89. The molecule has 0 heterocycles. The van der Waals surface area contributed by atoms with Gasteiger partial charge in [0.05, 0.1) is 0 Å². The molecule has 20 heavy (non-hydrogen) atoms. The molecule has 2 heteroatoms. The van der Waals surface area contributed by atoms with Crippen LogP contribution in [0, 0.1) is 0 Å². The molecule has 4 aliphatic carbocycles. The summed E-state index contributed by atoms with van der Waals surface area (Å²) >= 11 is 0. The monoisotopic (exact) mass is 262 g/mol. The van der Waals surface area contributed by atoms with E-state index in [0.29, 0.717) is 23.1 Å². The zero-order valence-electron chi connectivity index (χ0n) is 11.3. The van der Waals surface area contributed by atoms with Gasteiger partial charge in [0, 0.05) is 16.7 Å². The molecule has 0 aromatic rings. The maximum absolute atomic E-state index is 12.4. The maximum Gasteiger partial charge on any atom is 0.187 e. The van der Waals surface area contributed by atoms with Gasteiger partial charge in [0.1, 0.15) is 0 Å². The highest BCUT2D eigenvalue weighted by molar-refractivity contribution is 6.25. The molecule has 2 nitrogen and oxygen atoms in total. The van der Waals surface area contributed by atoms with Gasteiger partial charge < -0.3 is 0 Å². The summed E-state index contributed by atoms with van der Waals surface area (Å²) in [6, 6.07) is 0. The van der Waals surface area contributed by atoms with Gasteiger partial charge in [-0.05, 0) is 54.6 Å². The number of hydrogen-bond donors (Lipinski definition) is 0. The van der Waals surface area contributed by atoms with Crippen LogP contribution in [0.4, 0.5) is 0 Å². The molecule has 0 saturated carbocycles. The lowest BCUT2D eigenvalue weighted by atomic mass is 9.72. The minimum atomic E-state index is -0.00764. The summed E-state index contributed by atoms with van der Waals surface area (Å²) in [6.45, 7) is 1.72. The first-order valence-corrected chi connectivity index (χ1v) is 6.99. The third kappa shape index (κ3) is 1.39. The molecule has 0 unspecified atom stereocenters. The molecule has 4 rings (SSSR count). The van der Waals surface area contributed by atoms with E-state index >= 15 is 0 Å². The van der Waals surface area contributed by atoms with Gasteiger partial charge in [-0.1, -0.05) is 24.3 Å². The number of hydrogen-bond acceptors (Lipinski definition) is 2. The van der Waals surface area contributed by atoms with E-state index in [1.165, 1.54) is 17.2 Å². The molecule has 0 spiro atoms. The van der Waals surface area contributed by atoms with Gasteiger partial charge in [-0.2, -0.15) is 0 Å². The molecule has 4 aliphatic rings. The van der Waals surface area contributed by atoms with Crippen LogP contribution < -0.4 is 0 Å². The summed E-state index contributed by atoms with van der Waals surface area (Å²) in [6.07, 6.45) is 12.4. The summed E-state index contributed by atoms with van der Waals surface area (Å²) in [5, 5.41) is 0. The van der Waals surface area contributed by atoms with Crippen LogP contribution in [0.5, 0.6) is 0 Å². The third-order valence-electron chi connectivity index (χ3n) is 4.49. The smallest absolute Gasteiger partial charge is 0.187 e. The number of rotatable bonds is 0. The fraction of sp³-hybridized carbons (Fsp3) is 0.222. The molecular formula is C18H14O2. The Morgan fingerprint density at radius 2 is 1.85 bits per heavy atom. The summed E-state index contributed by atoms with van der Waals surface area (Å²) in [5.74, 6) is 0.0211. The van der Waals surface area contributed by atoms with Crippen LogP contribution in [0.25, 0.3) is 0 Å². The summed E-state index contributed by atoms with van der Waals surface area (Å²) < 4.78 is 0. The lowest BCUT2D eigenvalue weighted by Gasteiger charge is -2.30. The first-order valence-electron chi connectivity index (χ1n) is 6.99. The normalized spacial score (nSPS) is 24.1. The first kappa shape index (κ1) is 11.6. The van der Waals surface area contributed by atoms with Gasteiger partial charge in [0.25, 0.3) is 0 Å². The summed E-state index contributed by atoms with van der Waals surface area (Å²) in [4.78, 5) is 24.7. The number of fused-ring (bicyclic) bond motifs is 3. The minimum absolute atomic E-state index is 0.00764. The van der Waals surface area contributed by atoms with Gasteiger partial charge in [-0.15, -0.1) is 0 Å². The van der Waals surface area contributed by atoms with Crippen molar-refractivity contribution >= 4 is 11.6 Å². The fourth-order valence-electron chi connectivity index (χ4n) is 3.51. The van der Waals surface area contributed by atoms with E-state index in [4.69, 9.17) is 0 Å². The Bertz CT molecular complexity index is 761. The largest absolute Gasteiger partial charge is 0.289 e. The molecule has 0 aromatic heterocycles. The van der Waals surface area contributed by atoms with Crippen molar-refractivity contribution in [3.05, 3.63) is 69.4 Å². The molecule has 0 bridgehead atoms. The summed E-state index contributed by atoms with van der Waals surface area (Å²) in [7, 11) is 0. The number of Topliss-reactive ketones (excluding diaryl/α,β-unsaturated/α-hetero) is 1. The number of allylic oxidation sites excluding steroid dienone is 12. The Kier molecular flexibility index (Phi) is 2.25. The van der Waals surface area contributed by atoms with Gasteiger partial charge in [0.2, 0.25) is 0 Å². The highest BCUT2D eigenvalue weighted by Gasteiger charge is 2.35. The standard InChI is InChI=1S/C18H14O2/c1-10-9-15(19)17-14(18(10)20)8-7-12-6-5-11-3-2-4-13(11)16(12)17/h2-4,7,9H,5-6,8H2,1H3. The predicted octanol–water partition coefficient (Wildman–Crippen LogP) is 3.30. The van der Waals surface area contributed by atoms with E-state index in [1.54, 1.807) is 6.92 Å². The van der Waals surface area contributed by atoms with Crippen molar-refractivity contribution in [1.82, 2.24) is 0 Å². The molecule has 0 atom stereocenters. The van der Waals surface area contributed by atoms with Gasteiger partial charge in [-0.25, -0.2) is 0 Å². The maximum atomic E-state index is 12.4. The Morgan fingerprint density at radius 1 is 1.05 bits per heavy atom. The van der Waals surface area contributed by atoms with Crippen molar-refractivity contribution in [2.24, 2.45) is 0 Å². The third-order valence-corrected chi connectivity index (χ3v) is 4.49. The first-order chi connectivity index (χ1) is 9.66. The van der Waals surface area contributed by atoms with Crippen molar-refractivity contribution < 1.29 is 9.59 Å². The topological polar surface area (TPSA) is 34.1 Å². The Balaban J connectivity index is 1.99. The van der Waals surface area contributed by atoms with Crippen LogP contribution in [0.3, 0.4) is 0 Å². The van der Waals surface area contributed by atoms with Crippen LogP contribution in [0.2, 0.25) is 0 Å². The van der Waals surface area contributed by atoms with E-state index < -0.39 is 0 Å². The van der Waals surface area contributed by atoms with E-state index in [9.17, 15) is 9.59 Å². The second-order valence-corrected chi connectivity index (χ2v) is 5.65. The second-order valence-electron chi connectivity index (χ2n) is 5.65. The van der Waals surface area contributed by atoms with Crippen LogP contribution in [0.1, 0.15) is 26.2 Å². The average molecular weight is 262 g/mol. The highest BCUT2D eigenvalue weighted by atomic mass is 16.1. The molecule has 0 aromatic carbocycles. The van der Waals surface area contributed by atoms with E-state index in [0.717, 1.165) is 24.0 Å². The average Bonchev–Trinajstić information content (AvgIpc) is 2.92. The SMILES string of the molecule is CC1=CC(=O)C2=C(CC=C3CCC4=CC=CC4=C32)C1=O. The predicted molar refractivity (Wildman–Crippen MR) is 77.0 cm³/mol. The van der Waals surface area contributed by atoms with Crippen LogP contribution in [-0.4, -0.2) is 11.6 Å². The molecule has 0 amide bonds. The van der Waals surface area contributed by atoms with Crippen LogP contribution >= 0.6 is 0 Å². The molecule has 98 valence electrons. The van der Waals surface area contributed by atoms with E-state index in [-0.39, 0.29) is 11.6 Å². The van der Waals surface area contributed by atoms with E-state index in [1.807, 2.05) is 6.08 Å². The Labute approximate surface area is 117 Å². The minimum Gasteiger partial charge on any atom is -0.289 e. The molecule has 0 radical (unpaired) electrons. The van der Waals surface area contributed by atoms with Gasteiger partial charge in [0.15, 0.2) is 11.6 Å². The summed E-state index contributed by atoms with van der Waals surface area (Å²) in [5.41, 5.74) is 6.58. The quantitative estimate of drug-likeness (QED) is 0.628. The Hall–Kier alpha value is -2.22. The molecule has 0 aliphatic heterocycles. The lowest BCUT2D eigenvalue weighted by molar-refractivity contribution is -0.115. The fourth-order valence-corrected chi connectivity index (χ4v) is 3.51. The number of carbonyl (C=O) groups excluding carboxylic acids is 2. The number of ketones is 2. The molecule has 0 saturated heterocycles. The Morgan fingerprint density at radius 3 is 2.70 bits per heavy atom. The van der Waals surface area contributed by atoms with Gasteiger partial charge >= 0.3 is 0 Å². The van der Waals surface area contributed by atoms with Crippen LogP contribution in [-0.2, 0) is 9.59 Å². The molecular weight excluding hydrogens is 248 g/mol. The number of carbonyl (C=O) groups is 2. The van der Waals surface area contributed by atoms with Gasteiger partial charge in [-0.3, -0.25) is 9.59 Å². The van der Waals surface area contributed by atoms with Crippen LogP contribution in [0.15, 0.2) is 69.4 Å². The highest BCUT2D eigenvalue weighted by Crippen LogP contribution is 2.45. The molecule has 0 N–H and O–H groups in total. The lowest BCUT2D eigenvalue weighted by Crippen LogP contribution is -2.24. The zero-order chi connectivity index (χ0) is 13.9. The zero-order valence-corrected chi connectivity index (χ0v) is 11.3. The van der Waals surface area contributed by atoms with Crippen molar-refractivity contribution in [3.8, 4) is 0 Å². The van der Waals surface area contributed by atoms with Crippen molar-refractivity contribution in [3.63, 3.8) is 0 Å². The van der Waals surface area contributed by atoms with Crippen molar-refractivity contribution in [2.45, 2.75) is 26.2 Å². The van der Waals surface area contributed by atoms with Crippen molar-refractivity contribution in [2.75, 3.05) is 0 Å². The molecule has 0 fully saturated rings. The van der Waals surface area contributed by atoms with E-state index in [2.05, 4.69) is 18.2 Å². The van der Waals surface area contributed by atoms with Crippen molar-refractivity contribution in [1.29, 1.82) is 0 Å².